The molecule has 21 heavy (non-hydrogen) atoms. The van der Waals surface area contributed by atoms with E-state index in [1.807, 2.05) is 0 Å². The van der Waals surface area contributed by atoms with Crippen molar-refractivity contribution in [1.82, 2.24) is 0 Å². The molecule has 0 bridgehead atoms. The highest BCUT2D eigenvalue weighted by atomic mass is 15.3. The number of hydrogen-bond acceptors (Lipinski definition) is 0. The summed E-state index contributed by atoms with van der Waals surface area (Å²) in [5.41, 5.74) is 2.92. The molecule has 0 saturated heterocycles. The van der Waals surface area contributed by atoms with Crippen LogP contribution in [0.5, 0.6) is 0 Å². The molecule has 1 heteroatoms. The molecule has 112 valence electrons. The molecule has 0 amide bonds. The van der Waals surface area contributed by atoms with E-state index in [0.29, 0.717) is 0 Å². The summed E-state index contributed by atoms with van der Waals surface area (Å²) in [6.07, 6.45) is 2.45. The number of rotatable bonds is 8. The van der Waals surface area contributed by atoms with Crippen LogP contribution in [0.3, 0.4) is 0 Å². The quantitative estimate of drug-likeness (QED) is 0.617. The fraction of sp³-hybridized carbons (Fsp3) is 0.400. The average molecular weight is 282 g/mol. The first-order chi connectivity index (χ1) is 10.3. The lowest BCUT2D eigenvalue weighted by Crippen LogP contribution is -2.47. The van der Waals surface area contributed by atoms with Gasteiger partial charge in [-0.1, -0.05) is 60.7 Å². The minimum absolute atomic E-state index is 1.16. The van der Waals surface area contributed by atoms with E-state index in [1.54, 1.807) is 0 Å². The molecule has 0 aliphatic rings. The van der Waals surface area contributed by atoms with Crippen LogP contribution in [0.2, 0.25) is 0 Å². The summed E-state index contributed by atoms with van der Waals surface area (Å²) in [5, 5.41) is 0. The molecule has 0 aliphatic heterocycles. The van der Waals surface area contributed by atoms with E-state index < -0.39 is 0 Å². The van der Waals surface area contributed by atoms with E-state index in [9.17, 15) is 0 Å². The van der Waals surface area contributed by atoms with Gasteiger partial charge in [0.25, 0.3) is 0 Å². The highest BCUT2D eigenvalue weighted by Gasteiger charge is 2.23. The molecule has 0 radical (unpaired) electrons. The zero-order valence-corrected chi connectivity index (χ0v) is 13.5. The van der Waals surface area contributed by atoms with Gasteiger partial charge in [0, 0.05) is 12.0 Å². The fourth-order valence-corrected chi connectivity index (χ4v) is 3.08. The molecule has 0 fully saturated rings. The van der Waals surface area contributed by atoms with Crippen LogP contribution in [-0.4, -0.2) is 24.1 Å². The fourth-order valence-electron chi connectivity index (χ4n) is 3.08. The van der Waals surface area contributed by atoms with Crippen molar-refractivity contribution in [2.45, 2.75) is 33.2 Å². The highest BCUT2D eigenvalue weighted by Crippen LogP contribution is 2.16. The van der Waals surface area contributed by atoms with E-state index in [2.05, 4.69) is 74.5 Å². The van der Waals surface area contributed by atoms with Crippen LogP contribution in [0.4, 0.5) is 0 Å². The average Bonchev–Trinajstić information content (AvgIpc) is 2.56. The molecular formula is C20H28N+. The molecule has 1 nitrogen and oxygen atoms in total. The Morgan fingerprint density at radius 3 is 1.76 bits per heavy atom. The van der Waals surface area contributed by atoms with Gasteiger partial charge in [0.05, 0.1) is 19.6 Å². The smallest absolute Gasteiger partial charge is 0.104 e. The Labute approximate surface area is 129 Å². The normalized spacial score (nSPS) is 11.5. The Balaban J connectivity index is 1.94. The van der Waals surface area contributed by atoms with Gasteiger partial charge in [0.15, 0.2) is 0 Å². The lowest BCUT2D eigenvalue weighted by Gasteiger charge is -2.37. The van der Waals surface area contributed by atoms with Crippen LogP contribution < -0.4 is 0 Å². The third-order valence-electron chi connectivity index (χ3n) is 4.64. The third kappa shape index (κ3) is 4.71. The van der Waals surface area contributed by atoms with Gasteiger partial charge in [0.1, 0.15) is 6.54 Å². The Hall–Kier alpha value is -1.60. The molecule has 0 atom stereocenters. The summed E-state index contributed by atoms with van der Waals surface area (Å²) in [7, 11) is 0. The number of hydrogen-bond donors (Lipinski definition) is 0. The molecular weight excluding hydrogens is 254 g/mol. The topological polar surface area (TPSA) is 0 Å². The molecule has 0 N–H and O–H groups in total. The van der Waals surface area contributed by atoms with E-state index in [4.69, 9.17) is 0 Å². The first-order valence-electron chi connectivity index (χ1n) is 8.21. The number of aryl methyl sites for hydroxylation is 1. The van der Waals surface area contributed by atoms with Gasteiger partial charge < -0.3 is 4.48 Å². The first-order valence-corrected chi connectivity index (χ1v) is 8.21. The molecule has 0 aromatic heterocycles. The second kappa shape index (κ2) is 7.99. The van der Waals surface area contributed by atoms with Gasteiger partial charge in [-0.25, -0.2) is 0 Å². The van der Waals surface area contributed by atoms with Crippen LogP contribution in [0, 0.1) is 0 Å². The van der Waals surface area contributed by atoms with Gasteiger partial charge in [-0.3, -0.25) is 0 Å². The lowest BCUT2D eigenvalue weighted by molar-refractivity contribution is -0.937. The van der Waals surface area contributed by atoms with Gasteiger partial charge >= 0.3 is 0 Å². The van der Waals surface area contributed by atoms with Crippen molar-refractivity contribution in [2.75, 3.05) is 19.6 Å². The summed E-state index contributed by atoms with van der Waals surface area (Å²) in [4.78, 5) is 0. The monoisotopic (exact) mass is 282 g/mol. The summed E-state index contributed by atoms with van der Waals surface area (Å²) in [5.74, 6) is 0. The second-order valence-electron chi connectivity index (χ2n) is 5.93. The van der Waals surface area contributed by atoms with Crippen molar-refractivity contribution >= 4 is 0 Å². The van der Waals surface area contributed by atoms with E-state index in [1.165, 1.54) is 48.1 Å². The molecule has 0 unspecified atom stereocenters. The Kier molecular flexibility index (Phi) is 6.01. The van der Waals surface area contributed by atoms with Gasteiger partial charge in [0.2, 0.25) is 0 Å². The predicted octanol–water partition coefficient (Wildman–Crippen LogP) is 4.68. The Bertz CT molecular complexity index is 500. The molecule has 0 heterocycles. The Morgan fingerprint density at radius 2 is 1.24 bits per heavy atom. The van der Waals surface area contributed by atoms with Crippen LogP contribution in [0.15, 0.2) is 60.7 Å². The highest BCUT2D eigenvalue weighted by molar-refractivity contribution is 5.15. The standard InChI is InChI=1S/C20H28N/c1-3-21(4-2,18-20-14-9-6-10-15-20)17-11-16-19-12-7-5-8-13-19/h5-10,12-15H,3-4,11,16-18H2,1-2H3/q+1. The summed E-state index contributed by atoms with van der Waals surface area (Å²) in [6, 6.07) is 21.8. The molecule has 0 saturated carbocycles. The minimum atomic E-state index is 1.16. The summed E-state index contributed by atoms with van der Waals surface area (Å²) in [6.45, 7) is 9.49. The van der Waals surface area contributed by atoms with E-state index >= 15 is 0 Å². The summed E-state index contributed by atoms with van der Waals surface area (Å²) >= 11 is 0. The van der Waals surface area contributed by atoms with Crippen LogP contribution in [-0.2, 0) is 13.0 Å². The zero-order valence-electron chi connectivity index (χ0n) is 13.5. The van der Waals surface area contributed by atoms with Crippen molar-refractivity contribution in [1.29, 1.82) is 0 Å². The lowest BCUT2D eigenvalue weighted by atomic mass is 10.1. The summed E-state index contributed by atoms with van der Waals surface area (Å²) < 4.78 is 1.19. The van der Waals surface area contributed by atoms with E-state index in [-0.39, 0.29) is 0 Å². The van der Waals surface area contributed by atoms with Gasteiger partial charge in [-0.15, -0.1) is 0 Å². The maximum Gasteiger partial charge on any atom is 0.104 e. The maximum absolute atomic E-state index is 2.33. The maximum atomic E-state index is 2.33. The Morgan fingerprint density at radius 1 is 0.714 bits per heavy atom. The number of benzene rings is 2. The van der Waals surface area contributed by atoms with Crippen molar-refractivity contribution in [3.63, 3.8) is 0 Å². The minimum Gasteiger partial charge on any atom is -0.320 e. The SMILES string of the molecule is CC[N+](CC)(CCCc1ccccc1)Cc1ccccc1. The molecule has 0 aliphatic carbocycles. The predicted molar refractivity (Wildman–Crippen MR) is 91.1 cm³/mol. The second-order valence-corrected chi connectivity index (χ2v) is 5.93. The number of quaternary nitrogens is 1. The van der Waals surface area contributed by atoms with Crippen molar-refractivity contribution in [2.24, 2.45) is 0 Å². The first kappa shape index (κ1) is 15.8. The van der Waals surface area contributed by atoms with Crippen LogP contribution in [0.25, 0.3) is 0 Å². The van der Waals surface area contributed by atoms with Gasteiger partial charge in [-0.2, -0.15) is 0 Å². The van der Waals surface area contributed by atoms with Gasteiger partial charge in [-0.05, 0) is 25.8 Å². The van der Waals surface area contributed by atoms with Crippen molar-refractivity contribution in [3.05, 3.63) is 71.8 Å². The zero-order chi connectivity index (χ0) is 15.0. The largest absolute Gasteiger partial charge is 0.320 e. The third-order valence-corrected chi connectivity index (χ3v) is 4.64. The van der Waals surface area contributed by atoms with Crippen LogP contribution in [0.1, 0.15) is 31.4 Å². The van der Waals surface area contributed by atoms with Crippen molar-refractivity contribution < 1.29 is 4.48 Å². The molecule has 0 spiro atoms. The number of nitrogens with zero attached hydrogens (tertiary/aromatic N) is 1. The van der Waals surface area contributed by atoms with Crippen molar-refractivity contribution in [3.8, 4) is 0 Å². The molecule has 2 aromatic rings. The van der Waals surface area contributed by atoms with Crippen LogP contribution >= 0.6 is 0 Å². The molecule has 2 rings (SSSR count). The molecule has 2 aromatic carbocycles. The van der Waals surface area contributed by atoms with E-state index in [0.717, 1.165) is 6.54 Å².